The van der Waals surface area contributed by atoms with Gasteiger partial charge in [-0.1, -0.05) is 11.6 Å². The number of aromatic nitrogens is 2. The van der Waals surface area contributed by atoms with Crippen LogP contribution in [0.5, 0.6) is 0 Å². The summed E-state index contributed by atoms with van der Waals surface area (Å²) < 4.78 is 28.0. The highest BCUT2D eigenvalue weighted by Gasteiger charge is 2.13. The third-order valence-corrected chi connectivity index (χ3v) is 2.15. The van der Waals surface area contributed by atoms with E-state index >= 15 is 0 Å². The van der Waals surface area contributed by atoms with Crippen molar-refractivity contribution in [1.29, 1.82) is 0 Å². The normalized spacial score (nSPS) is 10.4. The molecule has 0 N–H and O–H groups in total. The predicted molar refractivity (Wildman–Crippen MR) is 53.9 cm³/mol. The molecule has 0 fully saturated rings. The van der Waals surface area contributed by atoms with Gasteiger partial charge in [-0.2, -0.15) is 5.10 Å². The van der Waals surface area contributed by atoms with Gasteiger partial charge in [-0.3, -0.25) is 4.79 Å². The Kier molecular flexibility index (Phi) is 2.70. The summed E-state index contributed by atoms with van der Waals surface area (Å²) in [4.78, 5) is 10.4. The van der Waals surface area contributed by atoms with E-state index in [2.05, 4.69) is 5.10 Å². The van der Waals surface area contributed by atoms with Crippen LogP contribution in [0.15, 0.2) is 24.5 Å². The maximum Gasteiger partial charge on any atom is 0.152 e. The van der Waals surface area contributed by atoms with E-state index in [1.54, 1.807) is 0 Å². The first-order valence-corrected chi connectivity index (χ1v) is 4.64. The molecule has 0 saturated carbocycles. The number of nitrogens with zero attached hydrogens (tertiary/aromatic N) is 2. The fourth-order valence-corrected chi connectivity index (χ4v) is 1.43. The minimum Gasteiger partial charge on any atom is -0.298 e. The first-order valence-electron chi connectivity index (χ1n) is 4.26. The van der Waals surface area contributed by atoms with E-state index in [1.807, 2.05) is 0 Å². The van der Waals surface area contributed by atoms with Crippen molar-refractivity contribution < 1.29 is 13.6 Å². The van der Waals surface area contributed by atoms with Crippen LogP contribution in [-0.4, -0.2) is 16.1 Å². The largest absolute Gasteiger partial charge is 0.298 e. The van der Waals surface area contributed by atoms with Crippen LogP contribution in [0.25, 0.3) is 5.69 Å². The van der Waals surface area contributed by atoms with Crippen molar-refractivity contribution in [1.82, 2.24) is 9.78 Å². The van der Waals surface area contributed by atoms with Crippen LogP contribution in [-0.2, 0) is 0 Å². The van der Waals surface area contributed by atoms with Gasteiger partial charge in [0.05, 0.1) is 11.2 Å². The average molecular weight is 243 g/mol. The molecule has 0 aliphatic heterocycles. The van der Waals surface area contributed by atoms with Gasteiger partial charge in [0.25, 0.3) is 0 Å². The summed E-state index contributed by atoms with van der Waals surface area (Å²) in [5.74, 6) is -1.75. The number of aldehydes is 1. The number of carbonyl (C=O) groups is 1. The summed E-state index contributed by atoms with van der Waals surface area (Å²) in [5.41, 5.74) is -0.436. The lowest BCUT2D eigenvalue weighted by atomic mass is 10.2. The summed E-state index contributed by atoms with van der Waals surface area (Å²) in [7, 11) is 0. The molecule has 0 bridgehead atoms. The fraction of sp³-hybridized carbons (Fsp3) is 0. The molecule has 0 atom stereocenters. The van der Waals surface area contributed by atoms with Crippen molar-refractivity contribution in [3.05, 3.63) is 46.7 Å². The monoisotopic (exact) mass is 242 g/mol. The summed E-state index contributed by atoms with van der Waals surface area (Å²) in [6.45, 7) is 0. The number of benzene rings is 1. The highest BCUT2D eigenvalue weighted by molar-refractivity contribution is 6.30. The van der Waals surface area contributed by atoms with Crippen molar-refractivity contribution in [3.8, 4) is 5.69 Å². The topological polar surface area (TPSA) is 34.9 Å². The average Bonchev–Trinajstić information content (AvgIpc) is 2.63. The molecule has 1 aromatic carbocycles. The highest BCUT2D eigenvalue weighted by Crippen LogP contribution is 2.20. The van der Waals surface area contributed by atoms with E-state index < -0.39 is 11.6 Å². The first-order chi connectivity index (χ1) is 7.61. The highest BCUT2D eigenvalue weighted by atomic mass is 35.5. The lowest BCUT2D eigenvalue weighted by Gasteiger charge is -2.05. The number of hydrogen-bond acceptors (Lipinski definition) is 2. The second-order valence-electron chi connectivity index (χ2n) is 3.05. The second-order valence-corrected chi connectivity index (χ2v) is 3.49. The van der Waals surface area contributed by atoms with Crippen molar-refractivity contribution in [3.63, 3.8) is 0 Å². The van der Waals surface area contributed by atoms with E-state index in [1.165, 1.54) is 12.4 Å². The molecule has 3 nitrogen and oxygen atoms in total. The van der Waals surface area contributed by atoms with Crippen molar-refractivity contribution in [2.24, 2.45) is 0 Å². The molecule has 0 unspecified atom stereocenters. The third-order valence-electron chi connectivity index (χ3n) is 1.96. The lowest BCUT2D eigenvalue weighted by molar-refractivity contribution is 0.112. The van der Waals surface area contributed by atoms with E-state index in [0.29, 0.717) is 6.29 Å². The van der Waals surface area contributed by atoms with Crippen LogP contribution >= 0.6 is 11.6 Å². The molecule has 0 aliphatic rings. The van der Waals surface area contributed by atoms with Crippen LogP contribution in [0.1, 0.15) is 10.4 Å². The Morgan fingerprint density at radius 1 is 1.31 bits per heavy atom. The van der Waals surface area contributed by atoms with E-state index in [-0.39, 0.29) is 16.3 Å². The lowest BCUT2D eigenvalue weighted by Crippen LogP contribution is -2.03. The molecule has 0 spiro atoms. The summed E-state index contributed by atoms with van der Waals surface area (Å²) >= 11 is 5.59. The van der Waals surface area contributed by atoms with E-state index in [9.17, 15) is 13.6 Å². The maximum absolute atomic E-state index is 13.5. The van der Waals surface area contributed by atoms with Gasteiger partial charge < -0.3 is 0 Å². The van der Waals surface area contributed by atoms with E-state index in [0.717, 1.165) is 16.8 Å². The van der Waals surface area contributed by atoms with Crippen LogP contribution in [0.3, 0.4) is 0 Å². The van der Waals surface area contributed by atoms with Crippen LogP contribution in [0.2, 0.25) is 5.02 Å². The van der Waals surface area contributed by atoms with Crippen molar-refractivity contribution in [2.45, 2.75) is 0 Å². The van der Waals surface area contributed by atoms with Gasteiger partial charge in [-0.15, -0.1) is 0 Å². The van der Waals surface area contributed by atoms with Gasteiger partial charge in [0, 0.05) is 11.8 Å². The molecular formula is C10H5ClF2N2O. The zero-order valence-corrected chi connectivity index (χ0v) is 8.58. The Bertz CT molecular complexity index is 530. The summed E-state index contributed by atoms with van der Waals surface area (Å²) in [5, 5.41) is 3.94. The van der Waals surface area contributed by atoms with Crippen molar-refractivity contribution in [2.75, 3.05) is 0 Å². The summed E-state index contributed by atoms with van der Waals surface area (Å²) in [6, 6.07) is 1.86. The molecule has 6 heteroatoms. The Morgan fingerprint density at radius 2 is 1.94 bits per heavy atom. The second kappa shape index (κ2) is 4.02. The minimum atomic E-state index is -0.873. The minimum absolute atomic E-state index is 0.0722. The quantitative estimate of drug-likeness (QED) is 0.759. The van der Waals surface area contributed by atoms with Crippen LogP contribution in [0, 0.1) is 11.6 Å². The zero-order chi connectivity index (χ0) is 11.7. The molecule has 1 aromatic heterocycles. The standard InChI is InChI=1S/C10H5ClF2N2O/c11-7-3-14-15(4-7)10-8(12)1-6(5-16)2-9(10)13/h1-5H. The molecule has 1 heterocycles. The smallest absolute Gasteiger partial charge is 0.152 e. The van der Waals surface area contributed by atoms with Crippen molar-refractivity contribution >= 4 is 17.9 Å². The van der Waals surface area contributed by atoms with Crippen LogP contribution < -0.4 is 0 Å². The molecule has 0 saturated heterocycles. The maximum atomic E-state index is 13.5. The molecule has 2 rings (SSSR count). The Morgan fingerprint density at radius 3 is 2.38 bits per heavy atom. The zero-order valence-electron chi connectivity index (χ0n) is 7.82. The summed E-state index contributed by atoms with van der Waals surface area (Å²) in [6.07, 6.45) is 2.89. The number of rotatable bonds is 2. The molecule has 0 radical (unpaired) electrons. The number of carbonyl (C=O) groups excluding carboxylic acids is 1. The Balaban J connectivity index is 2.61. The number of halogens is 3. The van der Waals surface area contributed by atoms with Gasteiger partial charge in [-0.05, 0) is 12.1 Å². The predicted octanol–water partition coefficient (Wildman–Crippen LogP) is 2.62. The third kappa shape index (κ3) is 1.81. The molecule has 2 aromatic rings. The Hall–Kier alpha value is -1.75. The van der Waals surface area contributed by atoms with Crippen LogP contribution in [0.4, 0.5) is 8.78 Å². The molecule has 0 aliphatic carbocycles. The Labute approximate surface area is 94.3 Å². The SMILES string of the molecule is O=Cc1cc(F)c(-n2cc(Cl)cn2)c(F)c1. The van der Waals surface area contributed by atoms with Gasteiger partial charge in [0.1, 0.15) is 12.0 Å². The molecule has 16 heavy (non-hydrogen) atoms. The van der Waals surface area contributed by atoms with Gasteiger partial charge in [-0.25, -0.2) is 13.5 Å². The van der Waals surface area contributed by atoms with E-state index in [4.69, 9.17) is 11.6 Å². The first kappa shape index (κ1) is 10.8. The molecule has 82 valence electrons. The van der Waals surface area contributed by atoms with Gasteiger partial charge in [0.2, 0.25) is 0 Å². The molecular weight excluding hydrogens is 238 g/mol. The molecule has 0 amide bonds. The van der Waals surface area contributed by atoms with Gasteiger partial charge in [0.15, 0.2) is 11.6 Å². The van der Waals surface area contributed by atoms with Gasteiger partial charge >= 0.3 is 0 Å². The fourth-order valence-electron chi connectivity index (χ4n) is 1.30. The number of hydrogen-bond donors (Lipinski definition) is 0.